The van der Waals surface area contributed by atoms with Crippen LogP contribution in [0, 0.1) is 11.8 Å². The molecule has 0 bridgehead atoms. The second-order valence-electron chi connectivity index (χ2n) is 5.18. The minimum atomic E-state index is 0.557. The Morgan fingerprint density at radius 1 is 1.50 bits per heavy atom. The number of rotatable bonds is 4. The topological polar surface area (TPSA) is 50.4 Å². The Morgan fingerprint density at radius 3 is 2.88 bits per heavy atom. The Hall–Kier alpha value is -0.990. The second-order valence-corrected chi connectivity index (χ2v) is 5.18. The Bertz CT molecular complexity index is 258. The monoisotopic (exact) mass is 223 g/mol. The summed E-state index contributed by atoms with van der Waals surface area (Å²) in [6.07, 6.45) is 5.39. The van der Waals surface area contributed by atoms with Gasteiger partial charge in [-0.1, -0.05) is 31.9 Å². The van der Waals surface area contributed by atoms with Gasteiger partial charge in [-0.05, 0) is 31.6 Å². The molecule has 92 valence electrons. The van der Waals surface area contributed by atoms with Crippen LogP contribution in [0.25, 0.3) is 0 Å². The van der Waals surface area contributed by atoms with Crippen LogP contribution in [0.4, 0.5) is 0 Å². The predicted molar refractivity (Wildman–Crippen MR) is 70.4 cm³/mol. The summed E-state index contributed by atoms with van der Waals surface area (Å²) in [5.41, 5.74) is 6.81. The van der Waals surface area contributed by atoms with Crippen molar-refractivity contribution >= 4 is 5.96 Å². The van der Waals surface area contributed by atoms with Crippen molar-refractivity contribution < 1.29 is 0 Å². The molecule has 0 aromatic rings. The van der Waals surface area contributed by atoms with E-state index in [-0.39, 0.29) is 0 Å². The molecule has 3 nitrogen and oxygen atoms in total. The summed E-state index contributed by atoms with van der Waals surface area (Å²) >= 11 is 0. The molecular weight excluding hydrogens is 198 g/mol. The number of nitrogens with zero attached hydrogens (tertiary/aromatic N) is 1. The van der Waals surface area contributed by atoms with Gasteiger partial charge in [0.2, 0.25) is 0 Å². The van der Waals surface area contributed by atoms with Gasteiger partial charge >= 0.3 is 0 Å². The molecule has 16 heavy (non-hydrogen) atoms. The van der Waals surface area contributed by atoms with E-state index >= 15 is 0 Å². The zero-order chi connectivity index (χ0) is 12.0. The van der Waals surface area contributed by atoms with E-state index in [1.807, 2.05) is 6.92 Å². The van der Waals surface area contributed by atoms with E-state index in [2.05, 4.69) is 23.8 Å². The first kappa shape index (κ1) is 13.1. The van der Waals surface area contributed by atoms with Crippen LogP contribution in [-0.2, 0) is 0 Å². The van der Waals surface area contributed by atoms with Gasteiger partial charge in [0.1, 0.15) is 0 Å². The molecule has 0 aromatic carbocycles. The van der Waals surface area contributed by atoms with Gasteiger partial charge in [0.25, 0.3) is 0 Å². The van der Waals surface area contributed by atoms with Gasteiger partial charge in [0, 0.05) is 6.54 Å². The molecule has 2 atom stereocenters. The predicted octanol–water partition coefficient (Wildman–Crippen LogP) is 2.29. The third-order valence-electron chi connectivity index (χ3n) is 3.14. The summed E-state index contributed by atoms with van der Waals surface area (Å²) < 4.78 is 0. The summed E-state index contributed by atoms with van der Waals surface area (Å²) in [6, 6.07) is 0. The van der Waals surface area contributed by atoms with Crippen LogP contribution in [0.1, 0.15) is 39.5 Å². The molecule has 0 amide bonds. The minimum absolute atomic E-state index is 0.557. The smallest absolute Gasteiger partial charge is 0.188 e. The molecule has 3 heteroatoms. The Labute approximate surface area is 99.2 Å². The van der Waals surface area contributed by atoms with Crippen molar-refractivity contribution in [1.29, 1.82) is 0 Å². The highest BCUT2D eigenvalue weighted by Crippen LogP contribution is 2.27. The Kier molecular flexibility index (Phi) is 5.36. The summed E-state index contributed by atoms with van der Waals surface area (Å²) in [5.74, 6) is 2.19. The molecule has 0 aliphatic heterocycles. The number of aliphatic imine (C=N–C) groups is 1. The number of guanidine groups is 1. The van der Waals surface area contributed by atoms with E-state index in [1.54, 1.807) is 0 Å². The molecule has 2 unspecified atom stereocenters. The largest absolute Gasteiger partial charge is 0.370 e. The lowest BCUT2D eigenvalue weighted by molar-refractivity contribution is 0.282. The molecule has 0 spiro atoms. The number of nitrogens with two attached hydrogens (primary N) is 1. The fraction of sp³-hybridized carbons (Fsp3) is 0.769. The lowest BCUT2D eigenvalue weighted by atomic mass is 9.82. The lowest BCUT2D eigenvalue weighted by Crippen LogP contribution is -2.36. The van der Waals surface area contributed by atoms with Crippen LogP contribution in [0.5, 0.6) is 0 Å². The maximum atomic E-state index is 5.77. The van der Waals surface area contributed by atoms with Crippen molar-refractivity contribution in [3.63, 3.8) is 0 Å². The average Bonchev–Trinajstić information content (AvgIpc) is 2.23. The molecule has 1 fully saturated rings. The van der Waals surface area contributed by atoms with E-state index in [0.717, 1.165) is 24.0 Å². The fourth-order valence-corrected chi connectivity index (χ4v) is 2.27. The molecular formula is C13H25N3. The highest BCUT2D eigenvalue weighted by atomic mass is 15.1. The number of nitrogens with one attached hydrogen (secondary N) is 1. The molecule has 1 aliphatic rings. The molecule has 1 saturated carbocycles. The molecule has 1 aliphatic carbocycles. The van der Waals surface area contributed by atoms with Gasteiger partial charge in [-0.15, -0.1) is 0 Å². The van der Waals surface area contributed by atoms with E-state index in [4.69, 9.17) is 5.73 Å². The van der Waals surface area contributed by atoms with Crippen LogP contribution < -0.4 is 11.1 Å². The lowest BCUT2D eigenvalue weighted by Gasteiger charge is -2.26. The van der Waals surface area contributed by atoms with Crippen molar-refractivity contribution in [3.05, 3.63) is 12.2 Å². The summed E-state index contributed by atoms with van der Waals surface area (Å²) in [7, 11) is 0. The molecule has 1 rings (SSSR count). The first-order chi connectivity index (χ1) is 7.58. The number of hydrogen-bond acceptors (Lipinski definition) is 1. The van der Waals surface area contributed by atoms with Crippen molar-refractivity contribution in [2.45, 2.75) is 39.5 Å². The van der Waals surface area contributed by atoms with Gasteiger partial charge in [-0.3, -0.25) is 0 Å². The van der Waals surface area contributed by atoms with Crippen molar-refractivity contribution in [1.82, 2.24) is 5.32 Å². The van der Waals surface area contributed by atoms with Gasteiger partial charge in [-0.25, -0.2) is 4.99 Å². The number of hydrogen-bond donors (Lipinski definition) is 2. The normalized spacial score (nSPS) is 26.5. The van der Waals surface area contributed by atoms with E-state index in [9.17, 15) is 0 Å². The third kappa shape index (κ3) is 5.19. The quantitative estimate of drug-likeness (QED) is 0.436. The Morgan fingerprint density at radius 2 is 2.25 bits per heavy atom. The van der Waals surface area contributed by atoms with Gasteiger partial charge in [-0.2, -0.15) is 0 Å². The summed E-state index contributed by atoms with van der Waals surface area (Å²) in [5, 5.41) is 3.21. The minimum Gasteiger partial charge on any atom is -0.370 e. The van der Waals surface area contributed by atoms with Crippen LogP contribution in [0.2, 0.25) is 0 Å². The van der Waals surface area contributed by atoms with Crippen LogP contribution in [0.3, 0.4) is 0 Å². The van der Waals surface area contributed by atoms with Crippen LogP contribution in [0.15, 0.2) is 17.1 Å². The highest BCUT2D eigenvalue weighted by Gasteiger charge is 2.18. The first-order valence-electron chi connectivity index (χ1n) is 6.26. The SMILES string of the molecule is C=C(C)CN=C(N)NCC1CCCC(C)C1. The molecule has 3 N–H and O–H groups in total. The fourth-order valence-electron chi connectivity index (χ4n) is 2.27. The van der Waals surface area contributed by atoms with E-state index < -0.39 is 0 Å². The molecule has 0 aromatic heterocycles. The van der Waals surface area contributed by atoms with Crippen LogP contribution in [-0.4, -0.2) is 19.0 Å². The van der Waals surface area contributed by atoms with Gasteiger partial charge in [0.15, 0.2) is 5.96 Å². The third-order valence-corrected chi connectivity index (χ3v) is 3.14. The zero-order valence-electron chi connectivity index (χ0n) is 10.6. The van der Waals surface area contributed by atoms with Crippen LogP contribution >= 0.6 is 0 Å². The average molecular weight is 223 g/mol. The zero-order valence-corrected chi connectivity index (χ0v) is 10.6. The van der Waals surface area contributed by atoms with Crippen molar-refractivity contribution in [2.75, 3.05) is 13.1 Å². The standard InChI is InChI=1S/C13H25N3/c1-10(2)8-15-13(14)16-9-12-6-4-5-11(3)7-12/h11-12H,1,4-9H2,2-3H3,(H3,14,15,16). The maximum Gasteiger partial charge on any atom is 0.188 e. The molecule has 0 heterocycles. The van der Waals surface area contributed by atoms with Crippen molar-refractivity contribution in [3.8, 4) is 0 Å². The highest BCUT2D eigenvalue weighted by molar-refractivity contribution is 5.77. The maximum absolute atomic E-state index is 5.77. The summed E-state index contributed by atoms with van der Waals surface area (Å²) in [6.45, 7) is 9.69. The van der Waals surface area contributed by atoms with E-state index in [0.29, 0.717) is 12.5 Å². The molecule has 0 saturated heterocycles. The first-order valence-corrected chi connectivity index (χ1v) is 6.26. The van der Waals surface area contributed by atoms with Gasteiger partial charge < -0.3 is 11.1 Å². The van der Waals surface area contributed by atoms with Gasteiger partial charge in [0.05, 0.1) is 6.54 Å². The second kappa shape index (κ2) is 6.56. The van der Waals surface area contributed by atoms with Crippen molar-refractivity contribution in [2.24, 2.45) is 22.6 Å². The summed E-state index contributed by atoms with van der Waals surface area (Å²) in [4.78, 5) is 4.21. The Balaban J connectivity index is 2.22. The molecule has 0 radical (unpaired) electrons. The van der Waals surface area contributed by atoms with E-state index in [1.165, 1.54) is 25.7 Å².